The Morgan fingerprint density at radius 1 is 1.12 bits per heavy atom. The number of nitrogens with zero attached hydrogens (tertiary/aromatic N) is 3. The number of alkyl halides is 2. The van der Waals surface area contributed by atoms with Gasteiger partial charge < -0.3 is 4.90 Å². The Labute approximate surface area is 153 Å². The minimum atomic E-state index is -3.99. The molecule has 1 aliphatic heterocycles. The molecular weight excluding hydrogens is 384 g/mol. The highest BCUT2D eigenvalue weighted by Gasteiger charge is 2.46. The zero-order valence-corrected chi connectivity index (χ0v) is 15.2. The molecule has 0 saturated carbocycles. The molecule has 5 nitrogen and oxygen atoms in total. The first kappa shape index (κ1) is 17.2. The van der Waals surface area contributed by atoms with Crippen molar-refractivity contribution in [3.8, 4) is 0 Å². The SMILES string of the molecule is Cc1ccc(S(=O)(=O)n2nc(N3CC(F)(F)C3)c3c(Cl)cccc32)cc1. The standard InChI is InChI=1S/C17H14ClF2N3O2S/c1-11-5-7-12(8-6-11)26(24,25)23-14-4-2-3-13(18)15(14)16(21-23)22-9-17(19,20)10-22/h2-8H,9-10H2,1H3. The van der Waals surface area contributed by atoms with E-state index in [4.69, 9.17) is 11.6 Å². The molecule has 2 heterocycles. The summed E-state index contributed by atoms with van der Waals surface area (Å²) in [6.45, 7) is 0.811. The molecule has 1 saturated heterocycles. The normalized spacial score (nSPS) is 16.7. The molecule has 4 rings (SSSR count). The molecule has 0 aliphatic carbocycles. The lowest BCUT2D eigenvalue weighted by Crippen LogP contribution is -2.56. The molecule has 1 aromatic heterocycles. The molecule has 0 amide bonds. The third-order valence-corrected chi connectivity index (χ3v) is 6.21. The van der Waals surface area contributed by atoms with Crippen molar-refractivity contribution in [2.24, 2.45) is 0 Å². The van der Waals surface area contributed by atoms with E-state index >= 15 is 0 Å². The molecule has 1 aliphatic rings. The first-order chi connectivity index (χ1) is 12.2. The molecule has 3 aromatic rings. The molecule has 136 valence electrons. The van der Waals surface area contributed by atoms with Gasteiger partial charge >= 0.3 is 0 Å². The van der Waals surface area contributed by atoms with E-state index in [-0.39, 0.29) is 21.3 Å². The zero-order valence-electron chi connectivity index (χ0n) is 13.7. The Kier molecular flexibility index (Phi) is 3.75. The highest BCUT2D eigenvalue weighted by atomic mass is 35.5. The van der Waals surface area contributed by atoms with E-state index in [2.05, 4.69) is 5.10 Å². The van der Waals surface area contributed by atoms with Gasteiger partial charge in [0.1, 0.15) is 0 Å². The fraction of sp³-hybridized carbons (Fsp3) is 0.235. The fourth-order valence-corrected chi connectivity index (χ4v) is 4.49. The average molecular weight is 398 g/mol. The van der Waals surface area contributed by atoms with Crippen molar-refractivity contribution >= 4 is 38.3 Å². The lowest BCUT2D eigenvalue weighted by molar-refractivity contribution is -0.0265. The van der Waals surface area contributed by atoms with E-state index in [0.717, 1.165) is 9.65 Å². The molecule has 26 heavy (non-hydrogen) atoms. The predicted octanol–water partition coefficient (Wildman–Crippen LogP) is 3.69. The topological polar surface area (TPSA) is 55.2 Å². The summed E-state index contributed by atoms with van der Waals surface area (Å²) in [5.41, 5.74) is 1.17. The third-order valence-electron chi connectivity index (χ3n) is 4.30. The number of rotatable bonds is 3. The Morgan fingerprint density at radius 3 is 2.38 bits per heavy atom. The molecule has 1 fully saturated rings. The van der Waals surface area contributed by atoms with E-state index in [0.29, 0.717) is 5.39 Å². The number of aromatic nitrogens is 2. The van der Waals surface area contributed by atoms with E-state index < -0.39 is 29.0 Å². The van der Waals surface area contributed by atoms with Gasteiger partial charge in [-0.05, 0) is 31.2 Å². The van der Waals surface area contributed by atoms with Gasteiger partial charge in [-0.15, -0.1) is 5.10 Å². The second-order valence-corrected chi connectivity index (χ2v) is 8.51. The van der Waals surface area contributed by atoms with Crippen molar-refractivity contribution in [1.82, 2.24) is 9.19 Å². The van der Waals surface area contributed by atoms with Gasteiger partial charge in [0.25, 0.3) is 15.9 Å². The van der Waals surface area contributed by atoms with Crippen LogP contribution in [0.5, 0.6) is 0 Å². The van der Waals surface area contributed by atoms with Crippen molar-refractivity contribution in [3.05, 3.63) is 53.1 Å². The van der Waals surface area contributed by atoms with Crippen LogP contribution in [0.4, 0.5) is 14.6 Å². The van der Waals surface area contributed by atoms with Crippen LogP contribution in [0.1, 0.15) is 5.56 Å². The van der Waals surface area contributed by atoms with Crippen LogP contribution in [0, 0.1) is 6.92 Å². The van der Waals surface area contributed by atoms with Crippen molar-refractivity contribution in [2.75, 3.05) is 18.0 Å². The molecule has 0 unspecified atom stereocenters. The number of hydrogen-bond donors (Lipinski definition) is 0. The largest absolute Gasteiger partial charge is 0.342 e. The average Bonchev–Trinajstić information content (AvgIpc) is 2.94. The summed E-state index contributed by atoms with van der Waals surface area (Å²) in [6.07, 6.45) is 0. The number of fused-ring (bicyclic) bond motifs is 1. The van der Waals surface area contributed by atoms with Gasteiger partial charge in [-0.25, -0.2) is 8.78 Å². The molecular formula is C17H14ClF2N3O2S. The molecule has 9 heteroatoms. The van der Waals surface area contributed by atoms with Crippen molar-refractivity contribution in [3.63, 3.8) is 0 Å². The lowest BCUT2D eigenvalue weighted by atomic mass is 10.1. The van der Waals surface area contributed by atoms with Crippen LogP contribution in [-0.2, 0) is 10.0 Å². The highest BCUT2D eigenvalue weighted by Crippen LogP contribution is 2.39. The van der Waals surface area contributed by atoms with Gasteiger partial charge in [0.05, 0.1) is 33.9 Å². The number of hydrogen-bond acceptors (Lipinski definition) is 4. The van der Waals surface area contributed by atoms with Crippen LogP contribution in [0.25, 0.3) is 10.9 Å². The van der Waals surface area contributed by atoms with Crippen molar-refractivity contribution in [2.45, 2.75) is 17.7 Å². The molecule has 2 aromatic carbocycles. The Hall–Kier alpha value is -2.19. The number of aryl methyl sites for hydroxylation is 1. The smallest absolute Gasteiger partial charge is 0.283 e. The molecule has 0 spiro atoms. The third kappa shape index (κ3) is 2.64. The summed E-state index contributed by atoms with van der Waals surface area (Å²) >= 11 is 6.23. The minimum Gasteiger partial charge on any atom is -0.342 e. The molecule has 0 bridgehead atoms. The Morgan fingerprint density at radius 2 is 1.77 bits per heavy atom. The first-order valence-electron chi connectivity index (χ1n) is 7.81. The van der Waals surface area contributed by atoms with E-state index in [1.807, 2.05) is 6.92 Å². The summed E-state index contributed by atoms with van der Waals surface area (Å²) in [6, 6.07) is 11.1. The minimum absolute atomic E-state index is 0.0629. The maximum atomic E-state index is 13.3. The molecule has 0 atom stereocenters. The van der Waals surface area contributed by atoms with Crippen LogP contribution >= 0.6 is 11.6 Å². The number of halogens is 3. The van der Waals surface area contributed by atoms with E-state index in [1.54, 1.807) is 30.3 Å². The van der Waals surface area contributed by atoms with Crippen LogP contribution in [0.15, 0.2) is 47.4 Å². The van der Waals surface area contributed by atoms with Crippen molar-refractivity contribution in [1.29, 1.82) is 0 Å². The lowest BCUT2D eigenvalue weighted by Gasteiger charge is -2.39. The van der Waals surface area contributed by atoms with Gasteiger partial charge in [0, 0.05) is 0 Å². The Bertz CT molecular complexity index is 1100. The van der Waals surface area contributed by atoms with Gasteiger partial charge in [-0.3, -0.25) is 0 Å². The quantitative estimate of drug-likeness (QED) is 0.676. The summed E-state index contributed by atoms with van der Waals surface area (Å²) in [7, 11) is -3.99. The summed E-state index contributed by atoms with van der Waals surface area (Å²) in [5.74, 6) is -2.67. The van der Waals surface area contributed by atoms with Gasteiger partial charge in [-0.1, -0.05) is 35.4 Å². The predicted molar refractivity (Wildman–Crippen MR) is 95.7 cm³/mol. The number of anilines is 1. The van der Waals surface area contributed by atoms with E-state index in [1.165, 1.54) is 17.0 Å². The van der Waals surface area contributed by atoms with Gasteiger partial charge in [-0.2, -0.15) is 12.5 Å². The Balaban J connectivity index is 1.91. The monoisotopic (exact) mass is 397 g/mol. The first-order valence-corrected chi connectivity index (χ1v) is 9.63. The van der Waals surface area contributed by atoms with Crippen LogP contribution in [-0.4, -0.2) is 36.6 Å². The highest BCUT2D eigenvalue weighted by molar-refractivity contribution is 7.90. The summed E-state index contributed by atoms with van der Waals surface area (Å²) in [4.78, 5) is 1.39. The van der Waals surface area contributed by atoms with E-state index in [9.17, 15) is 17.2 Å². The van der Waals surface area contributed by atoms with Gasteiger partial charge in [0.15, 0.2) is 5.82 Å². The summed E-state index contributed by atoms with van der Waals surface area (Å²) in [5, 5.41) is 4.75. The number of benzene rings is 2. The molecule has 0 N–H and O–H groups in total. The second-order valence-electron chi connectivity index (χ2n) is 6.33. The maximum Gasteiger partial charge on any atom is 0.283 e. The summed E-state index contributed by atoms with van der Waals surface area (Å²) < 4.78 is 53.5. The molecule has 0 radical (unpaired) electrons. The second kappa shape index (κ2) is 5.65. The van der Waals surface area contributed by atoms with Gasteiger partial charge in [0.2, 0.25) is 0 Å². The van der Waals surface area contributed by atoms with Crippen LogP contribution in [0.2, 0.25) is 5.02 Å². The zero-order chi connectivity index (χ0) is 18.7. The van der Waals surface area contributed by atoms with Crippen LogP contribution < -0.4 is 4.90 Å². The fourth-order valence-electron chi connectivity index (χ4n) is 2.96. The van der Waals surface area contributed by atoms with Crippen LogP contribution in [0.3, 0.4) is 0 Å². The van der Waals surface area contributed by atoms with Crippen molar-refractivity contribution < 1.29 is 17.2 Å². The maximum absolute atomic E-state index is 13.3.